The number of aromatic nitrogens is 3. The van der Waals surface area contributed by atoms with Crippen LogP contribution in [0.15, 0.2) is 40.2 Å². The zero-order valence-corrected chi connectivity index (χ0v) is 9.66. The quantitative estimate of drug-likeness (QED) is 0.374. The van der Waals surface area contributed by atoms with Crippen molar-refractivity contribution in [1.29, 1.82) is 0 Å². The molecule has 0 atom stereocenters. The first-order valence-corrected chi connectivity index (χ1v) is 5.15. The first kappa shape index (κ1) is 10.6. The van der Waals surface area contributed by atoms with Gasteiger partial charge in [-0.1, -0.05) is 11.2 Å². The minimum absolute atomic E-state index is 0.0342. The van der Waals surface area contributed by atoms with Crippen molar-refractivity contribution in [2.24, 2.45) is 10.9 Å². The number of amidine groups is 1. The van der Waals surface area contributed by atoms with E-state index in [1.54, 1.807) is 35.3 Å². The van der Waals surface area contributed by atoms with Crippen LogP contribution in [0.5, 0.6) is 0 Å². The Bertz CT molecular complexity index is 536. The molecule has 6 nitrogen and oxygen atoms in total. The second-order valence-corrected chi connectivity index (χ2v) is 3.89. The lowest BCUT2D eigenvalue weighted by Crippen LogP contribution is -2.16. The summed E-state index contributed by atoms with van der Waals surface area (Å²) in [6.45, 7) is 0. The van der Waals surface area contributed by atoms with E-state index in [4.69, 9.17) is 10.9 Å². The summed E-state index contributed by atoms with van der Waals surface area (Å²) in [4.78, 5) is 4.19. The molecule has 2 aromatic heterocycles. The summed E-state index contributed by atoms with van der Waals surface area (Å²) in [7, 11) is 0. The molecule has 0 aliphatic carbocycles. The molecule has 0 saturated carbocycles. The normalized spacial score (nSPS) is 11.7. The van der Waals surface area contributed by atoms with Gasteiger partial charge in [-0.2, -0.15) is 5.10 Å². The van der Waals surface area contributed by atoms with Crippen LogP contribution in [0.4, 0.5) is 0 Å². The maximum Gasteiger partial charge on any atom is 0.188 e. The largest absolute Gasteiger partial charge is 0.409 e. The molecule has 16 heavy (non-hydrogen) atoms. The molecule has 0 unspecified atom stereocenters. The number of rotatable bonds is 2. The van der Waals surface area contributed by atoms with Gasteiger partial charge in [0.25, 0.3) is 0 Å². The summed E-state index contributed by atoms with van der Waals surface area (Å²) >= 11 is 3.29. The minimum atomic E-state index is -0.0342. The van der Waals surface area contributed by atoms with Gasteiger partial charge in [0.2, 0.25) is 0 Å². The predicted molar refractivity (Wildman–Crippen MR) is 61.6 cm³/mol. The lowest BCUT2D eigenvalue weighted by atomic mass is 10.3. The molecule has 0 aromatic carbocycles. The van der Waals surface area contributed by atoms with E-state index < -0.39 is 0 Å². The molecule has 82 valence electrons. The number of nitrogens with zero attached hydrogens (tertiary/aromatic N) is 4. The van der Waals surface area contributed by atoms with Gasteiger partial charge in [-0.05, 0) is 28.1 Å². The highest BCUT2D eigenvalue weighted by molar-refractivity contribution is 9.10. The van der Waals surface area contributed by atoms with Crippen molar-refractivity contribution in [2.45, 2.75) is 0 Å². The average Bonchev–Trinajstić information content (AvgIpc) is 2.75. The first-order valence-electron chi connectivity index (χ1n) is 4.36. The number of halogens is 1. The number of hydrogen-bond donors (Lipinski definition) is 2. The lowest BCUT2D eigenvalue weighted by molar-refractivity contribution is 0.318. The Morgan fingerprint density at radius 3 is 2.94 bits per heavy atom. The average molecular weight is 282 g/mol. The van der Waals surface area contributed by atoms with Gasteiger partial charge in [-0.25, -0.2) is 9.67 Å². The van der Waals surface area contributed by atoms with Gasteiger partial charge in [-0.3, -0.25) is 0 Å². The summed E-state index contributed by atoms with van der Waals surface area (Å²) in [5.41, 5.74) is 5.84. The van der Waals surface area contributed by atoms with Crippen LogP contribution in [-0.2, 0) is 0 Å². The molecular weight excluding hydrogens is 274 g/mol. The van der Waals surface area contributed by atoms with Crippen LogP contribution in [0, 0.1) is 0 Å². The van der Waals surface area contributed by atoms with E-state index in [1.807, 2.05) is 0 Å². The summed E-state index contributed by atoms with van der Waals surface area (Å²) in [5.74, 6) is 0.558. The van der Waals surface area contributed by atoms with Crippen molar-refractivity contribution in [1.82, 2.24) is 14.8 Å². The fraction of sp³-hybridized carbons (Fsp3) is 0. The summed E-state index contributed by atoms with van der Waals surface area (Å²) in [6, 6.07) is 5.18. The monoisotopic (exact) mass is 281 g/mol. The molecule has 0 aliphatic rings. The number of oxime groups is 1. The number of pyridine rings is 1. The van der Waals surface area contributed by atoms with E-state index in [2.05, 4.69) is 31.2 Å². The van der Waals surface area contributed by atoms with Gasteiger partial charge in [0, 0.05) is 6.20 Å². The Labute approximate surface area is 99.5 Å². The van der Waals surface area contributed by atoms with Crippen LogP contribution in [0.1, 0.15) is 5.69 Å². The van der Waals surface area contributed by atoms with E-state index in [0.29, 0.717) is 11.5 Å². The molecular formula is C9H8BrN5O. The highest BCUT2D eigenvalue weighted by Crippen LogP contribution is 2.11. The van der Waals surface area contributed by atoms with Crippen LogP contribution in [-0.4, -0.2) is 25.8 Å². The van der Waals surface area contributed by atoms with Crippen molar-refractivity contribution < 1.29 is 5.21 Å². The van der Waals surface area contributed by atoms with Crippen LogP contribution < -0.4 is 5.73 Å². The molecule has 0 radical (unpaired) electrons. The highest BCUT2D eigenvalue weighted by atomic mass is 79.9. The standard InChI is InChI=1S/C9H8BrN5O/c10-6-4-12-15(5-6)8-3-1-2-7(13-8)9(11)14-16/h1-5,16H,(H2,11,14). The Morgan fingerprint density at radius 2 is 2.31 bits per heavy atom. The SMILES string of the molecule is NC(=NO)c1cccc(-n2cc(Br)cn2)n1. The topological polar surface area (TPSA) is 89.3 Å². The Balaban J connectivity index is 2.43. The molecule has 3 N–H and O–H groups in total. The zero-order chi connectivity index (χ0) is 11.5. The fourth-order valence-electron chi connectivity index (χ4n) is 1.17. The molecule has 7 heteroatoms. The van der Waals surface area contributed by atoms with E-state index >= 15 is 0 Å². The Kier molecular flexibility index (Phi) is 2.86. The van der Waals surface area contributed by atoms with Crippen molar-refractivity contribution >= 4 is 21.8 Å². The van der Waals surface area contributed by atoms with Gasteiger partial charge in [0.05, 0.1) is 10.7 Å². The maximum atomic E-state index is 8.55. The zero-order valence-electron chi connectivity index (χ0n) is 8.08. The van der Waals surface area contributed by atoms with E-state index in [-0.39, 0.29) is 5.84 Å². The third-order valence-electron chi connectivity index (χ3n) is 1.89. The van der Waals surface area contributed by atoms with E-state index in [0.717, 1.165) is 4.47 Å². The summed E-state index contributed by atoms with van der Waals surface area (Å²) in [6.07, 6.45) is 3.41. The minimum Gasteiger partial charge on any atom is -0.409 e. The fourth-order valence-corrected chi connectivity index (χ4v) is 1.46. The van der Waals surface area contributed by atoms with Crippen LogP contribution in [0.3, 0.4) is 0 Å². The van der Waals surface area contributed by atoms with Gasteiger partial charge >= 0.3 is 0 Å². The smallest absolute Gasteiger partial charge is 0.188 e. The highest BCUT2D eigenvalue weighted by Gasteiger charge is 2.04. The van der Waals surface area contributed by atoms with Gasteiger partial charge < -0.3 is 10.9 Å². The second-order valence-electron chi connectivity index (χ2n) is 2.97. The van der Waals surface area contributed by atoms with E-state index in [9.17, 15) is 0 Å². The molecule has 0 amide bonds. The molecule has 0 spiro atoms. The number of nitrogens with two attached hydrogens (primary N) is 1. The van der Waals surface area contributed by atoms with Crippen LogP contribution >= 0.6 is 15.9 Å². The Morgan fingerprint density at radius 1 is 1.50 bits per heavy atom. The molecule has 2 heterocycles. The third-order valence-corrected chi connectivity index (χ3v) is 2.30. The van der Waals surface area contributed by atoms with Gasteiger partial charge in [-0.15, -0.1) is 0 Å². The molecule has 0 fully saturated rings. The molecule has 0 bridgehead atoms. The van der Waals surface area contributed by atoms with E-state index in [1.165, 1.54) is 0 Å². The first-order chi connectivity index (χ1) is 7.70. The van der Waals surface area contributed by atoms with Crippen molar-refractivity contribution in [2.75, 3.05) is 0 Å². The van der Waals surface area contributed by atoms with Crippen molar-refractivity contribution in [3.63, 3.8) is 0 Å². The van der Waals surface area contributed by atoms with Crippen LogP contribution in [0.2, 0.25) is 0 Å². The van der Waals surface area contributed by atoms with Crippen molar-refractivity contribution in [3.8, 4) is 5.82 Å². The van der Waals surface area contributed by atoms with Gasteiger partial charge in [0.15, 0.2) is 11.7 Å². The molecule has 2 rings (SSSR count). The molecule has 2 aromatic rings. The Hall–Kier alpha value is -1.89. The van der Waals surface area contributed by atoms with Crippen LogP contribution in [0.25, 0.3) is 5.82 Å². The maximum absolute atomic E-state index is 8.55. The third kappa shape index (κ3) is 2.03. The summed E-state index contributed by atoms with van der Waals surface area (Å²) in [5, 5.41) is 15.5. The van der Waals surface area contributed by atoms with Crippen molar-refractivity contribution in [3.05, 3.63) is 40.8 Å². The summed E-state index contributed by atoms with van der Waals surface area (Å²) < 4.78 is 2.43. The lowest BCUT2D eigenvalue weighted by Gasteiger charge is -2.02. The molecule has 0 aliphatic heterocycles. The predicted octanol–water partition coefficient (Wildman–Crippen LogP) is 1.12. The second kappa shape index (κ2) is 4.31. The number of hydrogen-bond acceptors (Lipinski definition) is 4. The molecule has 0 saturated heterocycles. The van der Waals surface area contributed by atoms with Gasteiger partial charge in [0.1, 0.15) is 5.69 Å².